The van der Waals surface area contributed by atoms with Crippen LogP contribution in [0.1, 0.15) is 17.0 Å². The Kier molecular flexibility index (Phi) is 3.44. The van der Waals surface area contributed by atoms with Gasteiger partial charge in [0.05, 0.1) is 11.4 Å². The van der Waals surface area contributed by atoms with Crippen LogP contribution in [0, 0.1) is 25.2 Å². The molecule has 3 aromatic heterocycles. The quantitative estimate of drug-likeness (QED) is 0.593. The van der Waals surface area contributed by atoms with Crippen LogP contribution >= 0.6 is 0 Å². The lowest BCUT2D eigenvalue weighted by molar-refractivity contribution is 0.315. The van der Waals surface area contributed by atoms with E-state index in [9.17, 15) is 5.26 Å². The van der Waals surface area contributed by atoms with Gasteiger partial charge in [-0.15, -0.1) is 0 Å². The Morgan fingerprint density at radius 3 is 2.69 bits per heavy atom. The number of benzene rings is 1. The number of hydrogen-bond donors (Lipinski definition) is 1. The normalized spacial score (nSPS) is 11.0. The van der Waals surface area contributed by atoms with E-state index >= 15 is 0 Å². The van der Waals surface area contributed by atoms with E-state index in [2.05, 4.69) is 26.5 Å². The van der Waals surface area contributed by atoms with Crippen LogP contribution in [0.3, 0.4) is 0 Å². The van der Waals surface area contributed by atoms with Crippen LogP contribution < -0.4 is 5.73 Å². The lowest BCUT2D eigenvalue weighted by Crippen LogP contribution is -2.01. The third-order valence-corrected chi connectivity index (χ3v) is 4.50. The maximum atomic E-state index is 9.61. The highest BCUT2D eigenvalue weighted by Gasteiger charge is 2.20. The molecule has 8 nitrogen and oxygen atoms in total. The van der Waals surface area contributed by atoms with Crippen LogP contribution in [0.4, 0.5) is 5.82 Å². The average Bonchev–Trinajstić information content (AvgIpc) is 3.18. The molecule has 0 unspecified atom stereocenters. The monoisotopic (exact) mass is 345 g/mol. The molecule has 3 heterocycles. The summed E-state index contributed by atoms with van der Waals surface area (Å²) in [7, 11) is 1.88. The van der Waals surface area contributed by atoms with Gasteiger partial charge in [0.2, 0.25) is 0 Å². The maximum absolute atomic E-state index is 9.61. The first-order chi connectivity index (χ1) is 12.5. The van der Waals surface area contributed by atoms with Gasteiger partial charge in [-0.1, -0.05) is 12.1 Å². The molecule has 1 aromatic carbocycles. The minimum Gasteiger partial charge on any atom is -0.383 e. The molecule has 0 radical (unpaired) electrons. The first-order valence-electron chi connectivity index (χ1n) is 7.94. The second-order valence-corrected chi connectivity index (χ2v) is 6.03. The fraction of sp³-hybridized carbons (Fsp3) is 0.167. The molecule has 0 aliphatic heterocycles. The summed E-state index contributed by atoms with van der Waals surface area (Å²) in [6, 6.07) is 9.47. The van der Waals surface area contributed by atoms with Crippen LogP contribution in [0.25, 0.3) is 33.4 Å². The summed E-state index contributed by atoms with van der Waals surface area (Å²) >= 11 is 0. The summed E-state index contributed by atoms with van der Waals surface area (Å²) in [5.74, 6) is 0.163. The highest BCUT2D eigenvalue weighted by Crippen LogP contribution is 2.35. The average molecular weight is 345 g/mol. The summed E-state index contributed by atoms with van der Waals surface area (Å²) < 4.78 is 6.64. The van der Waals surface area contributed by atoms with E-state index in [1.807, 2.05) is 39.1 Å². The van der Waals surface area contributed by atoms with Gasteiger partial charge >= 0.3 is 0 Å². The van der Waals surface area contributed by atoms with Crippen molar-refractivity contribution in [1.29, 1.82) is 5.26 Å². The van der Waals surface area contributed by atoms with Crippen molar-refractivity contribution in [2.75, 3.05) is 5.73 Å². The zero-order valence-electron chi connectivity index (χ0n) is 14.5. The molecule has 0 saturated heterocycles. The minimum atomic E-state index is 0.163. The van der Waals surface area contributed by atoms with Gasteiger partial charge in [-0.25, -0.2) is 9.61 Å². The minimum absolute atomic E-state index is 0.163. The molecular weight excluding hydrogens is 330 g/mol. The Bertz CT molecular complexity index is 1200. The van der Waals surface area contributed by atoms with E-state index < -0.39 is 0 Å². The zero-order chi connectivity index (χ0) is 18.4. The van der Waals surface area contributed by atoms with Gasteiger partial charge in [0.1, 0.15) is 28.5 Å². The summed E-state index contributed by atoms with van der Waals surface area (Å²) in [5, 5.41) is 21.9. The summed E-state index contributed by atoms with van der Waals surface area (Å²) in [6.07, 6.45) is 0. The number of aromatic nitrogens is 5. The van der Waals surface area contributed by atoms with E-state index in [1.54, 1.807) is 10.7 Å². The van der Waals surface area contributed by atoms with E-state index in [1.165, 1.54) is 0 Å². The topological polar surface area (TPSA) is 119 Å². The lowest BCUT2D eigenvalue weighted by atomic mass is 9.97. The third kappa shape index (κ3) is 2.22. The van der Waals surface area contributed by atoms with Crippen molar-refractivity contribution in [3.8, 4) is 28.5 Å². The van der Waals surface area contributed by atoms with Crippen molar-refractivity contribution in [1.82, 2.24) is 25.1 Å². The summed E-state index contributed by atoms with van der Waals surface area (Å²) in [4.78, 5) is 4.45. The maximum Gasteiger partial charge on any atom is 0.143 e. The van der Waals surface area contributed by atoms with Crippen LogP contribution in [-0.2, 0) is 7.05 Å². The van der Waals surface area contributed by atoms with Crippen LogP contribution in [0.5, 0.6) is 0 Å². The lowest BCUT2D eigenvalue weighted by Gasteiger charge is -2.10. The molecule has 0 spiro atoms. The van der Waals surface area contributed by atoms with Gasteiger partial charge in [-0.05, 0) is 36.3 Å². The molecule has 128 valence electrons. The number of anilines is 1. The van der Waals surface area contributed by atoms with Crippen molar-refractivity contribution in [3.63, 3.8) is 0 Å². The Morgan fingerprint density at radius 1 is 1.19 bits per heavy atom. The number of nitriles is 1. The molecule has 26 heavy (non-hydrogen) atoms. The molecule has 0 aliphatic carbocycles. The molecule has 0 amide bonds. The molecule has 8 heteroatoms. The zero-order valence-corrected chi connectivity index (χ0v) is 14.5. The molecule has 0 atom stereocenters. The standard InChI is InChI=1S/C18H15N7O/c1-9-16(10(2)25(3)22-9)15-7-12(13(8-19)18(20)21-15)11-5-4-6-14-17(11)24-26-23-14/h4-7H,1-3H3,(H2,20,21). The Morgan fingerprint density at radius 2 is 2.00 bits per heavy atom. The predicted octanol–water partition coefficient (Wildman–Crippen LogP) is 2.76. The number of nitrogens with zero attached hydrogens (tertiary/aromatic N) is 6. The number of aryl methyl sites for hydroxylation is 2. The third-order valence-electron chi connectivity index (χ3n) is 4.50. The van der Waals surface area contributed by atoms with Crippen molar-refractivity contribution in [2.24, 2.45) is 7.05 Å². The number of nitrogens with two attached hydrogens (primary N) is 1. The Balaban J connectivity index is 2.05. The molecular formula is C18H15N7O. The SMILES string of the molecule is Cc1nn(C)c(C)c1-c1cc(-c2cccc3nonc23)c(C#N)c(N)n1. The fourth-order valence-electron chi connectivity index (χ4n) is 3.19. The van der Waals surface area contributed by atoms with Gasteiger partial charge in [0.25, 0.3) is 0 Å². The first kappa shape index (κ1) is 15.8. The predicted molar refractivity (Wildman–Crippen MR) is 95.8 cm³/mol. The number of rotatable bonds is 2. The second kappa shape index (κ2) is 5.67. The number of hydrogen-bond acceptors (Lipinski definition) is 7. The van der Waals surface area contributed by atoms with E-state index in [0.29, 0.717) is 27.9 Å². The molecule has 0 bridgehead atoms. The molecule has 0 saturated carbocycles. The van der Waals surface area contributed by atoms with E-state index in [4.69, 9.17) is 10.4 Å². The molecule has 0 fully saturated rings. The number of pyridine rings is 1. The van der Waals surface area contributed by atoms with Crippen molar-refractivity contribution >= 4 is 16.9 Å². The van der Waals surface area contributed by atoms with Crippen molar-refractivity contribution in [3.05, 3.63) is 41.2 Å². The highest BCUT2D eigenvalue weighted by molar-refractivity contribution is 5.94. The highest BCUT2D eigenvalue weighted by atomic mass is 16.6. The largest absolute Gasteiger partial charge is 0.383 e. The Labute approximate surface area is 148 Å². The second-order valence-electron chi connectivity index (χ2n) is 6.03. The van der Waals surface area contributed by atoms with E-state index in [0.717, 1.165) is 22.5 Å². The van der Waals surface area contributed by atoms with Crippen LogP contribution in [-0.4, -0.2) is 25.1 Å². The van der Waals surface area contributed by atoms with Crippen LogP contribution in [0.15, 0.2) is 28.9 Å². The number of nitrogen functional groups attached to an aromatic ring is 1. The fourth-order valence-corrected chi connectivity index (χ4v) is 3.19. The molecule has 4 rings (SSSR count). The molecule has 2 N–H and O–H groups in total. The van der Waals surface area contributed by atoms with Gasteiger partial charge in [0.15, 0.2) is 0 Å². The van der Waals surface area contributed by atoms with Gasteiger partial charge in [-0.3, -0.25) is 4.68 Å². The van der Waals surface area contributed by atoms with E-state index in [-0.39, 0.29) is 5.82 Å². The van der Waals surface area contributed by atoms with Gasteiger partial charge in [0, 0.05) is 29.4 Å². The van der Waals surface area contributed by atoms with Gasteiger partial charge in [-0.2, -0.15) is 10.4 Å². The molecule has 4 aromatic rings. The van der Waals surface area contributed by atoms with Crippen molar-refractivity contribution in [2.45, 2.75) is 13.8 Å². The first-order valence-corrected chi connectivity index (χ1v) is 7.94. The Hall–Kier alpha value is -3.73. The van der Waals surface area contributed by atoms with Gasteiger partial charge < -0.3 is 5.73 Å². The summed E-state index contributed by atoms with van der Waals surface area (Å²) in [6.45, 7) is 3.88. The van der Waals surface area contributed by atoms with Crippen molar-refractivity contribution < 1.29 is 4.63 Å². The smallest absolute Gasteiger partial charge is 0.143 e. The molecule has 0 aliphatic rings. The summed E-state index contributed by atoms with van der Waals surface area (Å²) in [5.41, 5.74) is 12.3. The van der Waals surface area contributed by atoms with Crippen LogP contribution in [0.2, 0.25) is 0 Å². The number of fused-ring (bicyclic) bond motifs is 1.